The standard InChI is InChI=1S/C10H12F2N2O3/c1-2-17-8(15)4-6-5(9(11)12)3-7(13)14-10(6)16/h3,9H,2,4H2,1H3,(H3,13,14,16). The molecule has 0 unspecified atom stereocenters. The second-order valence-electron chi connectivity index (χ2n) is 3.27. The van der Waals surface area contributed by atoms with Gasteiger partial charge in [-0.25, -0.2) is 8.78 Å². The Bertz CT molecular complexity index is 471. The lowest BCUT2D eigenvalue weighted by molar-refractivity contribution is -0.142. The van der Waals surface area contributed by atoms with E-state index in [0.717, 1.165) is 6.07 Å². The molecule has 1 aromatic rings. The van der Waals surface area contributed by atoms with Gasteiger partial charge in [-0.05, 0) is 13.0 Å². The van der Waals surface area contributed by atoms with Crippen LogP contribution in [0.4, 0.5) is 14.6 Å². The van der Waals surface area contributed by atoms with Crippen molar-refractivity contribution in [2.45, 2.75) is 19.8 Å². The zero-order chi connectivity index (χ0) is 13.0. The number of nitrogen functional groups attached to an aromatic ring is 1. The molecule has 0 atom stereocenters. The molecule has 0 aliphatic rings. The number of hydrogen-bond donors (Lipinski definition) is 2. The number of alkyl halides is 2. The van der Waals surface area contributed by atoms with Gasteiger partial charge in [0, 0.05) is 11.1 Å². The third kappa shape index (κ3) is 3.27. The summed E-state index contributed by atoms with van der Waals surface area (Å²) in [6, 6.07) is 0.945. The molecule has 0 radical (unpaired) electrons. The van der Waals surface area contributed by atoms with Crippen LogP contribution in [-0.2, 0) is 16.0 Å². The minimum atomic E-state index is -2.87. The molecular formula is C10H12F2N2O3. The number of H-pyrrole nitrogens is 1. The fraction of sp³-hybridized carbons (Fsp3) is 0.400. The lowest BCUT2D eigenvalue weighted by Crippen LogP contribution is -2.21. The maximum Gasteiger partial charge on any atom is 0.310 e. The summed E-state index contributed by atoms with van der Waals surface area (Å²) >= 11 is 0. The maximum atomic E-state index is 12.7. The van der Waals surface area contributed by atoms with Gasteiger partial charge in [0.2, 0.25) is 0 Å². The molecule has 0 bridgehead atoms. The van der Waals surface area contributed by atoms with Crippen molar-refractivity contribution in [1.82, 2.24) is 4.98 Å². The Kier molecular flexibility index (Phi) is 4.19. The van der Waals surface area contributed by atoms with Gasteiger partial charge in [0.25, 0.3) is 12.0 Å². The van der Waals surface area contributed by atoms with Crippen LogP contribution in [0.1, 0.15) is 24.5 Å². The highest BCUT2D eigenvalue weighted by Gasteiger charge is 2.19. The third-order valence-electron chi connectivity index (χ3n) is 2.05. The Morgan fingerprint density at radius 3 is 2.76 bits per heavy atom. The Morgan fingerprint density at radius 1 is 1.59 bits per heavy atom. The van der Waals surface area contributed by atoms with Crippen LogP contribution in [0.5, 0.6) is 0 Å². The molecule has 7 heteroatoms. The molecule has 0 fully saturated rings. The highest BCUT2D eigenvalue weighted by atomic mass is 19.3. The van der Waals surface area contributed by atoms with E-state index in [2.05, 4.69) is 9.72 Å². The molecule has 0 aliphatic heterocycles. The van der Waals surface area contributed by atoms with Gasteiger partial charge in [0.1, 0.15) is 5.82 Å². The predicted molar refractivity (Wildman–Crippen MR) is 56.8 cm³/mol. The van der Waals surface area contributed by atoms with Crippen LogP contribution in [0.15, 0.2) is 10.9 Å². The third-order valence-corrected chi connectivity index (χ3v) is 2.05. The lowest BCUT2D eigenvalue weighted by atomic mass is 10.1. The van der Waals surface area contributed by atoms with Gasteiger partial charge >= 0.3 is 5.97 Å². The summed E-state index contributed by atoms with van der Waals surface area (Å²) in [7, 11) is 0. The molecule has 94 valence electrons. The molecule has 0 amide bonds. The summed E-state index contributed by atoms with van der Waals surface area (Å²) < 4.78 is 29.9. The van der Waals surface area contributed by atoms with Crippen LogP contribution < -0.4 is 11.3 Å². The second-order valence-corrected chi connectivity index (χ2v) is 3.27. The van der Waals surface area contributed by atoms with Crippen molar-refractivity contribution < 1.29 is 18.3 Å². The minimum absolute atomic E-state index is 0.121. The maximum absolute atomic E-state index is 12.7. The van der Waals surface area contributed by atoms with Crippen LogP contribution in [0.3, 0.4) is 0 Å². The molecular weight excluding hydrogens is 234 g/mol. The van der Waals surface area contributed by atoms with E-state index in [0.29, 0.717) is 0 Å². The van der Waals surface area contributed by atoms with Gasteiger partial charge in [0.05, 0.1) is 13.0 Å². The molecule has 0 saturated heterocycles. The number of aromatic amines is 1. The number of pyridine rings is 1. The summed E-state index contributed by atoms with van der Waals surface area (Å²) in [6.07, 6.45) is -3.37. The van der Waals surface area contributed by atoms with E-state index in [4.69, 9.17) is 5.73 Å². The molecule has 0 saturated carbocycles. The minimum Gasteiger partial charge on any atom is -0.466 e. The van der Waals surface area contributed by atoms with Crippen LogP contribution in [-0.4, -0.2) is 17.6 Å². The normalized spacial score (nSPS) is 10.6. The fourth-order valence-corrected chi connectivity index (χ4v) is 1.36. The van der Waals surface area contributed by atoms with Crippen molar-refractivity contribution in [2.75, 3.05) is 12.3 Å². The molecule has 0 spiro atoms. The van der Waals surface area contributed by atoms with E-state index >= 15 is 0 Å². The number of nitrogens with one attached hydrogen (secondary N) is 1. The average molecular weight is 246 g/mol. The van der Waals surface area contributed by atoms with Crippen molar-refractivity contribution in [3.63, 3.8) is 0 Å². The number of nitrogens with two attached hydrogens (primary N) is 1. The SMILES string of the molecule is CCOC(=O)Cc1c(C(F)F)cc(N)[nH]c1=O. The number of hydrogen-bond acceptors (Lipinski definition) is 4. The van der Waals surface area contributed by atoms with Gasteiger partial charge in [-0.3, -0.25) is 9.59 Å². The van der Waals surface area contributed by atoms with Gasteiger partial charge in [0.15, 0.2) is 0 Å². The highest BCUT2D eigenvalue weighted by molar-refractivity contribution is 5.73. The van der Waals surface area contributed by atoms with Crippen molar-refractivity contribution >= 4 is 11.8 Å². The number of ether oxygens (including phenoxy) is 1. The van der Waals surface area contributed by atoms with Gasteiger partial charge in [-0.15, -0.1) is 0 Å². The summed E-state index contributed by atoms with van der Waals surface area (Å²) in [5, 5.41) is 0. The van der Waals surface area contributed by atoms with Gasteiger partial charge < -0.3 is 15.5 Å². The van der Waals surface area contributed by atoms with E-state index in [9.17, 15) is 18.4 Å². The van der Waals surface area contributed by atoms with E-state index in [1.165, 1.54) is 0 Å². The van der Waals surface area contributed by atoms with Crippen molar-refractivity contribution in [2.24, 2.45) is 0 Å². The molecule has 1 rings (SSSR count). The molecule has 1 heterocycles. The summed E-state index contributed by atoms with van der Waals surface area (Å²) in [6.45, 7) is 1.70. The van der Waals surface area contributed by atoms with Gasteiger partial charge in [-0.1, -0.05) is 0 Å². The Morgan fingerprint density at radius 2 is 2.24 bits per heavy atom. The van der Waals surface area contributed by atoms with E-state index in [1.807, 2.05) is 0 Å². The molecule has 1 aromatic heterocycles. The lowest BCUT2D eigenvalue weighted by Gasteiger charge is -2.08. The first kappa shape index (κ1) is 13.1. The van der Waals surface area contributed by atoms with Crippen LogP contribution in [0.25, 0.3) is 0 Å². The van der Waals surface area contributed by atoms with Crippen LogP contribution in [0, 0.1) is 0 Å². The number of halogens is 2. The van der Waals surface area contributed by atoms with Crippen LogP contribution >= 0.6 is 0 Å². The van der Waals surface area contributed by atoms with E-state index in [-0.39, 0.29) is 18.0 Å². The zero-order valence-electron chi connectivity index (χ0n) is 9.13. The monoisotopic (exact) mass is 246 g/mol. The fourth-order valence-electron chi connectivity index (χ4n) is 1.36. The highest BCUT2D eigenvalue weighted by Crippen LogP contribution is 2.22. The molecule has 3 N–H and O–H groups in total. The first-order valence-electron chi connectivity index (χ1n) is 4.91. The van der Waals surface area contributed by atoms with Gasteiger partial charge in [-0.2, -0.15) is 0 Å². The first-order chi connectivity index (χ1) is 7.95. The topological polar surface area (TPSA) is 85.2 Å². The number of rotatable bonds is 4. The van der Waals surface area contributed by atoms with Crippen molar-refractivity contribution in [3.05, 3.63) is 27.5 Å². The number of esters is 1. The second kappa shape index (κ2) is 5.42. The summed E-state index contributed by atoms with van der Waals surface area (Å²) in [5.74, 6) is -0.900. The smallest absolute Gasteiger partial charge is 0.310 e. The van der Waals surface area contributed by atoms with E-state index < -0.39 is 29.9 Å². The van der Waals surface area contributed by atoms with Crippen molar-refractivity contribution in [1.29, 1.82) is 0 Å². The Balaban J connectivity index is 3.13. The van der Waals surface area contributed by atoms with Crippen molar-refractivity contribution in [3.8, 4) is 0 Å². The summed E-state index contributed by atoms with van der Waals surface area (Å²) in [5.41, 5.74) is 3.60. The largest absolute Gasteiger partial charge is 0.466 e. The number of carbonyl (C=O) groups is 1. The number of aromatic nitrogens is 1. The molecule has 5 nitrogen and oxygen atoms in total. The van der Waals surface area contributed by atoms with Crippen LogP contribution in [0.2, 0.25) is 0 Å². The predicted octanol–water partition coefficient (Wildman–Crippen LogP) is 1.00. The Labute approximate surface area is 95.6 Å². The average Bonchev–Trinajstić information content (AvgIpc) is 2.21. The first-order valence-corrected chi connectivity index (χ1v) is 4.91. The summed E-state index contributed by atoms with van der Waals surface area (Å²) in [4.78, 5) is 24.8. The van der Waals surface area contributed by atoms with E-state index in [1.54, 1.807) is 6.92 Å². The Hall–Kier alpha value is -1.92. The molecule has 0 aliphatic carbocycles. The number of carbonyl (C=O) groups excluding carboxylic acids is 1. The molecule has 0 aromatic carbocycles. The number of anilines is 1. The molecule has 17 heavy (non-hydrogen) atoms. The zero-order valence-corrected chi connectivity index (χ0v) is 9.13. The quantitative estimate of drug-likeness (QED) is 0.776.